The summed E-state index contributed by atoms with van der Waals surface area (Å²) in [6.45, 7) is 6.79. The van der Waals surface area contributed by atoms with Crippen molar-refractivity contribution < 1.29 is 18.0 Å². The predicted molar refractivity (Wildman–Crippen MR) is 102 cm³/mol. The van der Waals surface area contributed by atoms with Crippen LogP contribution in [0.15, 0.2) is 30.3 Å². The molecule has 1 aliphatic heterocycles. The van der Waals surface area contributed by atoms with Crippen molar-refractivity contribution in [2.75, 3.05) is 13.1 Å². The third kappa shape index (κ3) is 5.34. The lowest BCUT2D eigenvalue weighted by Crippen LogP contribution is -2.42. The van der Waals surface area contributed by atoms with Gasteiger partial charge in [-0.2, -0.15) is 13.2 Å². The summed E-state index contributed by atoms with van der Waals surface area (Å²) in [4.78, 5) is 14.7. The summed E-state index contributed by atoms with van der Waals surface area (Å²) < 4.78 is 39.8. The van der Waals surface area contributed by atoms with Gasteiger partial charge in [-0.15, -0.1) is 0 Å². The molecule has 0 bridgehead atoms. The van der Waals surface area contributed by atoms with Crippen molar-refractivity contribution in [3.63, 3.8) is 0 Å². The predicted octanol–water partition coefficient (Wildman–Crippen LogP) is 4.72. The van der Waals surface area contributed by atoms with E-state index in [2.05, 4.69) is 0 Å². The van der Waals surface area contributed by atoms with Crippen LogP contribution in [0.1, 0.15) is 51.2 Å². The van der Waals surface area contributed by atoms with Crippen LogP contribution in [0.5, 0.6) is 0 Å². The molecule has 27 heavy (non-hydrogen) atoms. The van der Waals surface area contributed by atoms with E-state index in [1.165, 1.54) is 12.1 Å². The molecule has 2 atom stereocenters. The van der Waals surface area contributed by atoms with Gasteiger partial charge in [-0.25, -0.2) is 0 Å². The Morgan fingerprint density at radius 2 is 1.93 bits per heavy atom. The first kappa shape index (κ1) is 21.5. The number of alkyl halides is 3. The fourth-order valence-electron chi connectivity index (χ4n) is 3.51. The van der Waals surface area contributed by atoms with E-state index in [1.807, 2.05) is 20.8 Å². The van der Waals surface area contributed by atoms with Gasteiger partial charge < -0.3 is 10.6 Å². The first-order valence-electron chi connectivity index (χ1n) is 9.55. The lowest BCUT2D eigenvalue weighted by molar-refractivity contribution is -0.138. The van der Waals surface area contributed by atoms with Gasteiger partial charge in [0.2, 0.25) is 5.91 Å². The van der Waals surface area contributed by atoms with E-state index in [0.29, 0.717) is 31.5 Å². The van der Waals surface area contributed by atoms with Crippen molar-refractivity contribution in [3.8, 4) is 0 Å². The van der Waals surface area contributed by atoms with Gasteiger partial charge in [0.1, 0.15) is 0 Å². The van der Waals surface area contributed by atoms with Crippen molar-refractivity contribution in [1.29, 1.82) is 0 Å². The minimum Gasteiger partial charge on any atom is -0.338 e. The summed E-state index contributed by atoms with van der Waals surface area (Å²) >= 11 is 0. The van der Waals surface area contributed by atoms with Crippen LogP contribution in [0.25, 0.3) is 5.57 Å². The van der Waals surface area contributed by atoms with E-state index in [0.717, 1.165) is 12.5 Å². The number of hydrogen-bond acceptors (Lipinski definition) is 2. The van der Waals surface area contributed by atoms with E-state index in [-0.39, 0.29) is 29.3 Å². The molecule has 2 rings (SSSR count). The van der Waals surface area contributed by atoms with Crippen molar-refractivity contribution in [3.05, 3.63) is 41.5 Å². The van der Waals surface area contributed by atoms with Gasteiger partial charge in [0.25, 0.3) is 0 Å². The highest BCUT2D eigenvalue weighted by atomic mass is 19.4. The highest BCUT2D eigenvalue weighted by molar-refractivity contribution is 5.81. The Balaban J connectivity index is 2.16. The molecule has 1 heterocycles. The van der Waals surface area contributed by atoms with Crippen LogP contribution in [-0.4, -0.2) is 29.9 Å². The quantitative estimate of drug-likeness (QED) is 0.774. The number of carbonyl (C=O) groups is 1. The van der Waals surface area contributed by atoms with Crippen molar-refractivity contribution in [1.82, 2.24) is 4.90 Å². The minimum atomic E-state index is -4.39. The first-order chi connectivity index (χ1) is 12.6. The molecule has 0 saturated heterocycles. The fraction of sp³-hybridized carbons (Fsp3) is 0.571. The number of benzene rings is 1. The third-order valence-corrected chi connectivity index (χ3v) is 5.30. The molecule has 0 aliphatic carbocycles. The average molecular weight is 382 g/mol. The lowest BCUT2D eigenvalue weighted by Gasteiger charge is -2.33. The molecule has 1 amide bonds. The van der Waals surface area contributed by atoms with E-state index in [4.69, 9.17) is 5.73 Å². The maximum absolute atomic E-state index is 13.3. The van der Waals surface area contributed by atoms with Gasteiger partial charge in [0, 0.05) is 25.0 Å². The molecule has 2 N–H and O–H groups in total. The van der Waals surface area contributed by atoms with Crippen LogP contribution < -0.4 is 5.73 Å². The van der Waals surface area contributed by atoms with Gasteiger partial charge >= 0.3 is 6.18 Å². The maximum atomic E-state index is 13.3. The van der Waals surface area contributed by atoms with Crippen LogP contribution in [-0.2, 0) is 11.0 Å². The third-order valence-electron chi connectivity index (χ3n) is 5.30. The van der Waals surface area contributed by atoms with Gasteiger partial charge in [0.05, 0.1) is 5.56 Å². The maximum Gasteiger partial charge on any atom is 0.416 e. The molecule has 150 valence electrons. The molecular formula is C21H29F3N2O. The first-order valence-corrected chi connectivity index (χ1v) is 9.55. The number of rotatable bonds is 6. The standard InChI is InChI=1S/C21H29F3N2O/c1-4-16(25)13-18(14(2)3)20(27)26-11-9-15(10-12-26)17-7-5-6-8-19(17)21(22,23)24/h5-9,14,16,18H,4,10-13,25H2,1-3H3. The molecular weight excluding hydrogens is 353 g/mol. The monoisotopic (exact) mass is 382 g/mol. The molecule has 1 aromatic rings. The van der Waals surface area contributed by atoms with E-state index < -0.39 is 11.7 Å². The molecule has 0 spiro atoms. The number of nitrogens with two attached hydrogens (primary N) is 1. The SMILES string of the molecule is CCC(N)CC(C(=O)N1CC=C(c2ccccc2C(F)(F)F)CC1)C(C)C. The second-order valence-corrected chi connectivity index (χ2v) is 7.56. The smallest absolute Gasteiger partial charge is 0.338 e. The van der Waals surface area contributed by atoms with E-state index in [1.54, 1.807) is 17.0 Å². The zero-order valence-electron chi connectivity index (χ0n) is 16.2. The average Bonchev–Trinajstić information content (AvgIpc) is 2.64. The Labute approximate surface area is 159 Å². The van der Waals surface area contributed by atoms with Gasteiger partial charge in [-0.1, -0.05) is 45.0 Å². The van der Waals surface area contributed by atoms with Crippen molar-refractivity contribution in [2.45, 2.75) is 52.3 Å². The van der Waals surface area contributed by atoms with Crippen LogP contribution >= 0.6 is 0 Å². The Morgan fingerprint density at radius 1 is 1.26 bits per heavy atom. The zero-order chi connectivity index (χ0) is 20.2. The summed E-state index contributed by atoms with van der Waals surface area (Å²) in [5.41, 5.74) is 6.29. The topological polar surface area (TPSA) is 46.3 Å². The number of nitrogens with zero attached hydrogens (tertiary/aromatic N) is 1. The Kier molecular flexibility index (Phi) is 7.09. The second-order valence-electron chi connectivity index (χ2n) is 7.56. The summed E-state index contributed by atoms with van der Waals surface area (Å²) in [6, 6.07) is 5.60. The number of halogens is 3. The summed E-state index contributed by atoms with van der Waals surface area (Å²) in [5.74, 6) is 0.0668. The van der Waals surface area contributed by atoms with Crippen LogP contribution in [0, 0.1) is 11.8 Å². The molecule has 6 heteroatoms. The Morgan fingerprint density at radius 3 is 2.44 bits per heavy atom. The summed E-state index contributed by atoms with van der Waals surface area (Å²) in [6.07, 6.45) is -0.762. The highest BCUT2D eigenvalue weighted by Gasteiger charge is 2.35. The normalized spacial score (nSPS) is 17.6. The largest absolute Gasteiger partial charge is 0.416 e. The second kappa shape index (κ2) is 8.91. The molecule has 1 aliphatic rings. The molecule has 2 unspecified atom stereocenters. The molecule has 0 radical (unpaired) electrons. The van der Waals surface area contributed by atoms with Crippen LogP contribution in [0.4, 0.5) is 13.2 Å². The minimum absolute atomic E-state index is 0.0177. The number of hydrogen-bond donors (Lipinski definition) is 1. The molecule has 0 fully saturated rings. The Bertz CT molecular complexity index is 682. The summed E-state index contributed by atoms with van der Waals surface area (Å²) in [7, 11) is 0. The van der Waals surface area contributed by atoms with Crippen molar-refractivity contribution in [2.24, 2.45) is 17.6 Å². The van der Waals surface area contributed by atoms with Crippen LogP contribution in [0.2, 0.25) is 0 Å². The molecule has 0 saturated carbocycles. The Hall–Kier alpha value is -1.82. The highest BCUT2D eigenvalue weighted by Crippen LogP contribution is 2.36. The molecule has 1 aromatic carbocycles. The van der Waals surface area contributed by atoms with Crippen molar-refractivity contribution >= 4 is 11.5 Å². The number of amides is 1. The van der Waals surface area contributed by atoms with Gasteiger partial charge in [-0.3, -0.25) is 4.79 Å². The number of carbonyl (C=O) groups excluding carboxylic acids is 1. The lowest BCUT2D eigenvalue weighted by atomic mass is 9.86. The van der Waals surface area contributed by atoms with Gasteiger partial charge in [0.15, 0.2) is 0 Å². The van der Waals surface area contributed by atoms with E-state index in [9.17, 15) is 18.0 Å². The zero-order valence-corrected chi connectivity index (χ0v) is 16.2. The van der Waals surface area contributed by atoms with Crippen LogP contribution in [0.3, 0.4) is 0 Å². The van der Waals surface area contributed by atoms with Gasteiger partial charge in [-0.05, 0) is 42.4 Å². The molecule has 3 nitrogen and oxygen atoms in total. The fourth-order valence-corrected chi connectivity index (χ4v) is 3.51. The van der Waals surface area contributed by atoms with E-state index >= 15 is 0 Å². The molecule has 0 aromatic heterocycles. The summed E-state index contributed by atoms with van der Waals surface area (Å²) in [5, 5.41) is 0.